The second-order valence-corrected chi connectivity index (χ2v) is 6.14. The van der Waals surface area contributed by atoms with Gasteiger partial charge in [0.15, 0.2) is 0 Å². The van der Waals surface area contributed by atoms with Crippen molar-refractivity contribution in [1.82, 2.24) is 10.2 Å². The molecule has 2 atom stereocenters. The number of ether oxygens (including phenoxy) is 2. The lowest BCUT2D eigenvalue weighted by atomic mass is 9.96. The SMILES string of the molecule is CNCC1OCCN(C2CC2)C1c1c(Cl)cccc1OC. The Kier molecular flexibility index (Phi) is 4.69. The van der Waals surface area contributed by atoms with E-state index in [-0.39, 0.29) is 12.1 Å². The van der Waals surface area contributed by atoms with Crippen LogP contribution in [0.15, 0.2) is 18.2 Å². The highest BCUT2D eigenvalue weighted by Crippen LogP contribution is 2.44. The van der Waals surface area contributed by atoms with Crippen molar-refractivity contribution >= 4 is 11.6 Å². The van der Waals surface area contributed by atoms with Crippen LogP contribution >= 0.6 is 11.6 Å². The van der Waals surface area contributed by atoms with Crippen molar-refractivity contribution < 1.29 is 9.47 Å². The first kappa shape index (κ1) is 15.1. The molecule has 5 heteroatoms. The highest BCUT2D eigenvalue weighted by molar-refractivity contribution is 6.31. The van der Waals surface area contributed by atoms with Crippen LogP contribution in [0, 0.1) is 0 Å². The summed E-state index contributed by atoms with van der Waals surface area (Å²) in [4.78, 5) is 2.55. The lowest BCUT2D eigenvalue weighted by molar-refractivity contribution is -0.0745. The van der Waals surface area contributed by atoms with E-state index in [1.165, 1.54) is 12.8 Å². The number of halogens is 1. The second-order valence-electron chi connectivity index (χ2n) is 5.74. The lowest BCUT2D eigenvalue weighted by Gasteiger charge is -2.42. The number of likely N-dealkylation sites (N-methyl/N-ethyl adjacent to an activating group) is 1. The van der Waals surface area contributed by atoms with E-state index in [1.54, 1.807) is 7.11 Å². The molecular formula is C16H23ClN2O2. The maximum absolute atomic E-state index is 6.51. The monoisotopic (exact) mass is 310 g/mol. The molecule has 1 saturated heterocycles. The summed E-state index contributed by atoms with van der Waals surface area (Å²) in [6, 6.07) is 6.68. The first-order valence-electron chi connectivity index (χ1n) is 7.60. The minimum Gasteiger partial charge on any atom is -0.496 e. The molecule has 2 unspecified atom stereocenters. The van der Waals surface area contributed by atoms with Crippen LogP contribution in [-0.2, 0) is 4.74 Å². The van der Waals surface area contributed by atoms with Gasteiger partial charge in [-0.25, -0.2) is 0 Å². The molecule has 2 fully saturated rings. The Bertz CT molecular complexity index is 491. The zero-order valence-electron chi connectivity index (χ0n) is 12.6. The molecule has 2 aliphatic rings. The Balaban J connectivity index is 2.00. The van der Waals surface area contributed by atoms with Crippen LogP contribution in [0.25, 0.3) is 0 Å². The molecule has 0 amide bonds. The number of hydrogen-bond donors (Lipinski definition) is 1. The van der Waals surface area contributed by atoms with Crippen molar-refractivity contribution in [3.8, 4) is 5.75 Å². The molecule has 1 aliphatic carbocycles. The molecule has 1 aromatic rings. The smallest absolute Gasteiger partial charge is 0.125 e. The van der Waals surface area contributed by atoms with Gasteiger partial charge < -0.3 is 14.8 Å². The van der Waals surface area contributed by atoms with Gasteiger partial charge in [-0.15, -0.1) is 0 Å². The molecule has 0 radical (unpaired) electrons. The molecule has 116 valence electrons. The summed E-state index contributed by atoms with van der Waals surface area (Å²) in [5.74, 6) is 0.852. The van der Waals surface area contributed by atoms with Gasteiger partial charge in [-0.2, -0.15) is 0 Å². The third kappa shape index (κ3) is 3.04. The Morgan fingerprint density at radius 2 is 2.24 bits per heavy atom. The molecule has 21 heavy (non-hydrogen) atoms. The van der Waals surface area contributed by atoms with Crippen molar-refractivity contribution in [2.45, 2.75) is 31.0 Å². The number of morpholine rings is 1. The van der Waals surface area contributed by atoms with Crippen molar-refractivity contribution in [1.29, 1.82) is 0 Å². The van der Waals surface area contributed by atoms with Crippen LogP contribution in [0.2, 0.25) is 5.02 Å². The van der Waals surface area contributed by atoms with Gasteiger partial charge in [-0.3, -0.25) is 4.90 Å². The zero-order valence-corrected chi connectivity index (χ0v) is 13.4. The van der Waals surface area contributed by atoms with Gasteiger partial charge in [0.2, 0.25) is 0 Å². The average Bonchev–Trinajstić information content (AvgIpc) is 3.32. The van der Waals surface area contributed by atoms with Crippen LogP contribution in [0.3, 0.4) is 0 Å². The number of benzene rings is 1. The van der Waals surface area contributed by atoms with E-state index in [9.17, 15) is 0 Å². The summed E-state index contributed by atoms with van der Waals surface area (Å²) in [7, 11) is 3.66. The van der Waals surface area contributed by atoms with Crippen LogP contribution in [0.1, 0.15) is 24.4 Å². The Labute approximate surface area is 131 Å². The largest absolute Gasteiger partial charge is 0.496 e. The molecule has 1 N–H and O–H groups in total. The molecule has 1 saturated carbocycles. The summed E-state index contributed by atoms with van der Waals surface area (Å²) in [5, 5.41) is 4.00. The van der Waals surface area contributed by atoms with E-state index in [0.717, 1.165) is 36.0 Å². The third-order valence-electron chi connectivity index (χ3n) is 4.34. The summed E-state index contributed by atoms with van der Waals surface area (Å²) in [6.07, 6.45) is 2.64. The first-order valence-corrected chi connectivity index (χ1v) is 7.98. The van der Waals surface area contributed by atoms with Gasteiger partial charge >= 0.3 is 0 Å². The van der Waals surface area contributed by atoms with Crippen LogP contribution in [0.5, 0.6) is 5.75 Å². The quantitative estimate of drug-likeness (QED) is 0.906. The van der Waals surface area contributed by atoms with Crippen LogP contribution in [0.4, 0.5) is 0 Å². The first-order chi connectivity index (χ1) is 10.3. The molecule has 0 bridgehead atoms. The number of nitrogens with one attached hydrogen (secondary N) is 1. The van der Waals surface area contributed by atoms with Crippen molar-refractivity contribution in [3.05, 3.63) is 28.8 Å². The van der Waals surface area contributed by atoms with Crippen molar-refractivity contribution in [2.24, 2.45) is 0 Å². The number of methoxy groups -OCH3 is 1. The van der Waals surface area contributed by atoms with Gasteiger partial charge in [0.25, 0.3) is 0 Å². The highest BCUT2D eigenvalue weighted by atomic mass is 35.5. The van der Waals surface area contributed by atoms with Crippen LogP contribution < -0.4 is 10.1 Å². The summed E-state index contributed by atoms with van der Waals surface area (Å²) >= 11 is 6.51. The van der Waals surface area contributed by atoms with E-state index in [1.807, 2.05) is 25.2 Å². The Hall–Kier alpha value is -0.810. The molecule has 1 aliphatic heterocycles. The lowest BCUT2D eigenvalue weighted by Crippen LogP contribution is -2.49. The second kappa shape index (κ2) is 6.53. The third-order valence-corrected chi connectivity index (χ3v) is 4.67. The minimum absolute atomic E-state index is 0.0955. The predicted octanol–water partition coefficient (Wildman–Crippen LogP) is 2.47. The molecular weight excluding hydrogens is 288 g/mol. The van der Waals surface area contributed by atoms with E-state index in [2.05, 4.69) is 10.2 Å². The fourth-order valence-corrected chi connectivity index (χ4v) is 3.55. The number of rotatable bonds is 5. The fourth-order valence-electron chi connectivity index (χ4n) is 3.27. The van der Waals surface area contributed by atoms with Gasteiger partial charge in [0.1, 0.15) is 5.75 Å². The standard InChI is InChI=1S/C16H23ClN2O2/c1-18-10-14-16(19(8-9-21-14)11-6-7-11)15-12(17)4-3-5-13(15)20-2/h3-5,11,14,16,18H,6-10H2,1-2H3. The maximum atomic E-state index is 6.51. The molecule has 3 rings (SSSR count). The van der Waals surface area contributed by atoms with E-state index in [0.29, 0.717) is 6.04 Å². The zero-order chi connectivity index (χ0) is 14.8. The van der Waals surface area contributed by atoms with Gasteiger partial charge in [-0.05, 0) is 32.0 Å². The highest BCUT2D eigenvalue weighted by Gasteiger charge is 2.42. The predicted molar refractivity (Wildman–Crippen MR) is 84.1 cm³/mol. The van der Waals surface area contributed by atoms with Gasteiger partial charge in [-0.1, -0.05) is 17.7 Å². The normalized spacial score (nSPS) is 26.8. The van der Waals surface area contributed by atoms with E-state index < -0.39 is 0 Å². The molecule has 1 heterocycles. The summed E-state index contributed by atoms with van der Waals surface area (Å²) < 4.78 is 11.6. The summed E-state index contributed by atoms with van der Waals surface area (Å²) in [5.41, 5.74) is 1.06. The fraction of sp³-hybridized carbons (Fsp3) is 0.625. The Morgan fingerprint density at radius 3 is 2.90 bits per heavy atom. The molecule has 0 aromatic heterocycles. The van der Waals surface area contributed by atoms with Crippen molar-refractivity contribution in [2.75, 3.05) is 33.9 Å². The molecule has 1 aromatic carbocycles. The minimum atomic E-state index is 0.0955. The number of hydrogen-bond acceptors (Lipinski definition) is 4. The topological polar surface area (TPSA) is 33.7 Å². The molecule has 4 nitrogen and oxygen atoms in total. The van der Waals surface area contributed by atoms with Gasteiger partial charge in [0.05, 0.1) is 25.9 Å². The van der Waals surface area contributed by atoms with Crippen LogP contribution in [-0.4, -0.2) is 50.9 Å². The van der Waals surface area contributed by atoms with E-state index >= 15 is 0 Å². The van der Waals surface area contributed by atoms with Crippen molar-refractivity contribution in [3.63, 3.8) is 0 Å². The number of nitrogens with zero attached hydrogens (tertiary/aromatic N) is 1. The average molecular weight is 311 g/mol. The maximum Gasteiger partial charge on any atom is 0.125 e. The summed E-state index contributed by atoms with van der Waals surface area (Å²) in [6.45, 7) is 2.55. The van der Waals surface area contributed by atoms with Gasteiger partial charge in [0, 0.05) is 29.7 Å². The molecule has 0 spiro atoms. The Morgan fingerprint density at radius 1 is 1.43 bits per heavy atom. The van der Waals surface area contributed by atoms with E-state index in [4.69, 9.17) is 21.1 Å².